The number of amides is 1. The van der Waals surface area contributed by atoms with Crippen molar-refractivity contribution in [3.63, 3.8) is 0 Å². The molecule has 0 radical (unpaired) electrons. The number of carbonyl (C=O) groups is 1. The average molecular weight is 494 g/mol. The Balaban J connectivity index is 1.74. The molecule has 1 aliphatic carbocycles. The molecule has 0 bridgehead atoms. The van der Waals surface area contributed by atoms with Crippen LogP contribution in [0.2, 0.25) is 5.02 Å². The SMILES string of the molecule is O=C(Nc1ccc(Cl)cn1)[C@H](CC1CCOCC1)c1c(S(=O)(=O)C2CCCC2)cc[nH]c1=O. The Morgan fingerprint density at radius 3 is 2.58 bits per heavy atom. The van der Waals surface area contributed by atoms with Gasteiger partial charge in [0.15, 0.2) is 9.84 Å². The van der Waals surface area contributed by atoms with E-state index in [0.717, 1.165) is 25.7 Å². The second kappa shape index (κ2) is 10.4. The van der Waals surface area contributed by atoms with Gasteiger partial charge in [-0.25, -0.2) is 13.4 Å². The van der Waals surface area contributed by atoms with Gasteiger partial charge in [0.25, 0.3) is 5.56 Å². The van der Waals surface area contributed by atoms with Crippen molar-refractivity contribution in [2.24, 2.45) is 5.92 Å². The van der Waals surface area contributed by atoms with E-state index >= 15 is 0 Å². The molecule has 1 aliphatic heterocycles. The Bertz CT molecular complexity index is 1140. The maximum Gasteiger partial charge on any atom is 0.253 e. The highest BCUT2D eigenvalue weighted by molar-refractivity contribution is 7.92. The summed E-state index contributed by atoms with van der Waals surface area (Å²) in [5, 5.41) is 2.65. The minimum Gasteiger partial charge on any atom is -0.381 e. The molecule has 3 heterocycles. The third-order valence-corrected chi connectivity index (χ3v) is 9.10. The summed E-state index contributed by atoms with van der Waals surface area (Å²) in [6, 6.07) is 4.59. The first kappa shape index (κ1) is 23.9. The van der Waals surface area contributed by atoms with E-state index in [1.54, 1.807) is 12.1 Å². The van der Waals surface area contributed by atoms with Crippen molar-refractivity contribution in [1.29, 1.82) is 0 Å². The number of rotatable bonds is 7. The van der Waals surface area contributed by atoms with Gasteiger partial charge >= 0.3 is 0 Å². The highest BCUT2D eigenvalue weighted by Gasteiger charge is 2.37. The van der Waals surface area contributed by atoms with Gasteiger partial charge in [-0.05, 0) is 56.2 Å². The molecular formula is C23H28ClN3O5S. The van der Waals surface area contributed by atoms with Gasteiger partial charge in [0.1, 0.15) is 5.82 Å². The highest BCUT2D eigenvalue weighted by Crippen LogP contribution is 2.36. The molecule has 0 aromatic carbocycles. The molecule has 2 aromatic heterocycles. The molecule has 0 spiro atoms. The molecule has 4 rings (SSSR count). The smallest absolute Gasteiger partial charge is 0.253 e. The molecule has 10 heteroatoms. The molecule has 1 atom stereocenters. The summed E-state index contributed by atoms with van der Waals surface area (Å²) in [4.78, 5) is 33.2. The van der Waals surface area contributed by atoms with Crippen LogP contribution in [0.3, 0.4) is 0 Å². The summed E-state index contributed by atoms with van der Waals surface area (Å²) in [6.45, 7) is 1.16. The third-order valence-electron chi connectivity index (χ3n) is 6.56. The summed E-state index contributed by atoms with van der Waals surface area (Å²) < 4.78 is 32.4. The Morgan fingerprint density at radius 2 is 1.91 bits per heavy atom. The molecular weight excluding hydrogens is 466 g/mol. The van der Waals surface area contributed by atoms with E-state index in [9.17, 15) is 18.0 Å². The van der Waals surface area contributed by atoms with Gasteiger partial charge in [-0.1, -0.05) is 24.4 Å². The molecule has 1 saturated heterocycles. The Labute approximate surface area is 198 Å². The maximum absolute atomic E-state index is 13.5. The van der Waals surface area contributed by atoms with Crippen LogP contribution in [-0.2, 0) is 19.4 Å². The lowest BCUT2D eigenvalue weighted by Crippen LogP contribution is -2.33. The summed E-state index contributed by atoms with van der Waals surface area (Å²) in [7, 11) is -3.75. The van der Waals surface area contributed by atoms with Crippen molar-refractivity contribution < 1.29 is 17.9 Å². The van der Waals surface area contributed by atoms with E-state index < -0.39 is 32.5 Å². The number of aromatic nitrogens is 2. The molecule has 8 nitrogen and oxygen atoms in total. The summed E-state index contributed by atoms with van der Waals surface area (Å²) >= 11 is 5.89. The minimum absolute atomic E-state index is 0.0161. The van der Waals surface area contributed by atoms with Crippen molar-refractivity contribution >= 4 is 33.2 Å². The lowest BCUT2D eigenvalue weighted by Gasteiger charge is -2.27. The highest BCUT2D eigenvalue weighted by atomic mass is 35.5. The van der Waals surface area contributed by atoms with Crippen LogP contribution >= 0.6 is 11.6 Å². The third kappa shape index (κ3) is 5.47. The van der Waals surface area contributed by atoms with Gasteiger partial charge in [-0.3, -0.25) is 9.59 Å². The van der Waals surface area contributed by atoms with E-state index in [2.05, 4.69) is 15.3 Å². The van der Waals surface area contributed by atoms with Gasteiger partial charge in [-0.15, -0.1) is 0 Å². The van der Waals surface area contributed by atoms with E-state index in [1.165, 1.54) is 18.5 Å². The molecule has 1 amide bonds. The number of sulfone groups is 1. The van der Waals surface area contributed by atoms with Crippen LogP contribution < -0.4 is 10.9 Å². The van der Waals surface area contributed by atoms with Gasteiger partial charge < -0.3 is 15.0 Å². The van der Waals surface area contributed by atoms with Crippen molar-refractivity contribution in [1.82, 2.24) is 9.97 Å². The lowest BCUT2D eigenvalue weighted by molar-refractivity contribution is -0.118. The molecule has 33 heavy (non-hydrogen) atoms. The number of anilines is 1. The number of hydrogen-bond donors (Lipinski definition) is 2. The van der Waals surface area contributed by atoms with Gasteiger partial charge in [0.2, 0.25) is 5.91 Å². The zero-order chi connectivity index (χ0) is 23.4. The number of hydrogen-bond acceptors (Lipinski definition) is 6. The first-order valence-corrected chi connectivity index (χ1v) is 13.2. The van der Waals surface area contributed by atoms with Crippen molar-refractivity contribution in [3.05, 3.63) is 51.5 Å². The lowest BCUT2D eigenvalue weighted by atomic mass is 9.85. The van der Waals surface area contributed by atoms with Crippen LogP contribution in [0.1, 0.15) is 56.4 Å². The standard InChI is InChI=1S/C23H28ClN3O5S/c24-16-5-6-20(26-14-16)27-22(28)18(13-15-8-11-32-12-9-15)21-19(7-10-25-23(21)29)33(30,31)17-3-1-2-4-17/h5-7,10,14-15,17-18H,1-4,8-9,11-13H2,(H,25,29)(H,26,27,28)/t18-/m1/s1. The largest absolute Gasteiger partial charge is 0.381 e. The van der Waals surface area contributed by atoms with Crippen molar-refractivity contribution in [2.75, 3.05) is 18.5 Å². The molecule has 2 aliphatic rings. The molecule has 1 saturated carbocycles. The predicted octanol–water partition coefficient (Wildman–Crippen LogP) is 3.68. The quantitative estimate of drug-likeness (QED) is 0.607. The summed E-state index contributed by atoms with van der Waals surface area (Å²) in [5.74, 6) is -0.985. The number of nitrogens with one attached hydrogen (secondary N) is 2. The molecule has 178 valence electrons. The zero-order valence-electron chi connectivity index (χ0n) is 18.3. The van der Waals surface area contributed by atoms with E-state index in [1.807, 2.05) is 0 Å². The van der Waals surface area contributed by atoms with E-state index in [4.69, 9.17) is 16.3 Å². The van der Waals surface area contributed by atoms with Gasteiger partial charge in [0.05, 0.1) is 21.1 Å². The maximum atomic E-state index is 13.5. The molecule has 2 fully saturated rings. The number of aromatic amines is 1. The normalized spacial score (nSPS) is 18.8. The molecule has 0 unspecified atom stereocenters. The fourth-order valence-electron chi connectivity index (χ4n) is 4.76. The van der Waals surface area contributed by atoms with Crippen LogP contribution in [0.15, 0.2) is 40.3 Å². The van der Waals surface area contributed by atoms with Crippen LogP contribution in [0, 0.1) is 5.92 Å². The first-order chi connectivity index (χ1) is 15.9. The van der Waals surface area contributed by atoms with Crippen LogP contribution in [0.4, 0.5) is 5.82 Å². The number of carbonyl (C=O) groups excluding carboxylic acids is 1. The predicted molar refractivity (Wildman–Crippen MR) is 125 cm³/mol. The average Bonchev–Trinajstić information content (AvgIpc) is 3.36. The van der Waals surface area contributed by atoms with Crippen molar-refractivity contribution in [2.45, 2.75) is 61.0 Å². The Morgan fingerprint density at radius 1 is 1.18 bits per heavy atom. The molecule has 2 aromatic rings. The summed E-state index contributed by atoms with van der Waals surface area (Å²) in [5.41, 5.74) is -0.535. The van der Waals surface area contributed by atoms with Crippen molar-refractivity contribution in [3.8, 4) is 0 Å². The second-order valence-corrected chi connectivity index (χ2v) is 11.4. The Hall–Kier alpha value is -2.23. The van der Waals surface area contributed by atoms with Crippen LogP contribution in [-0.4, -0.2) is 42.8 Å². The van der Waals surface area contributed by atoms with Gasteiger partial charge in [-0.2, -0.15) is 0 Å². The van der Waals surface area contributed by atoms with Gasteiger partial charge in [0, 0.05) is 31.2 Å². The number of pyridine rings is 2. The molecule has 2 N–H and O–H groups in total. The summed E-state index contributed by atoms with van der Waals surface area (Å²) in [6.07, 6.45) is 7.43. The number of H-pyrrole nitrogens is 1. The monoisotopic (exact) mass is 493 g/mol. The number of halogens is 1. The fourth-order valence-corrected chi connectivity index (χ4v) is 6.99. The van der Waals surface area contributed by atoms with Crippen LogP contribution in [0.25, 0.3) is 0 Å². The topological polar surface area (TPSA) is 118 Å². The fraction of sp³-hybridized carbons (Fsp3) is 0.522. The Kier molecular flexibility index (Phi) is 7.51. The number of nitrogens with zero attached hydrogens (tertiary/aromatic N) is 1. The number of ether oxygens (including phenoxy) is 1. The van der Waals surface area contributed by atoms with E-state index in [-0.39, 0.29) is 22.2 Å². The zero-order valence-corrected chi connectivity index (χ0v) is 19.8. The van der Waals surface area contributed by atoms with Crippen LogP contribution in [0.5, 0.6) is 0 Å². The first-order valence-electron chi connectivity index (χ1n) is 11.3. The van der Waals surface area contributed by atoms with E-state index in [0.29, 0.717) is 37.5 Å². The minimum atomic E-state index is -3.75. The second-order valence-electron chi connectivity index (χ2n) is 8.73.